The van der Waals surface area contributed by atoms with Crippen LogP contribution >= 0.6 is 0 Å². The number of benzene rings is 1. The fourth-order valence-corrected chi connectivity index (χ4v) is 3.73. The molecule has 0 spiro atoms. The minimum atomic E-state index is -0.550. The molecule has 1 fully saturated rings. The van der Waals surface area contributed by atoms with Gasteiger partial charge in [0, 0.05) is 32.1 Å². The molecule has 0 bridgehead atoms. The zero-order valence-corrected chi connectivity index (χ0v) is 14.3. The summed E-state index contributed by atoms with van der Waals surface area (Å²) in [5.41, 5.74) is 3.31. The van der Waals surface area contributed by atoms with Gasteiger partial charge in [0.1, 0.15) is 0 Å². The van der Waals surface area contributed by atoms with Crippen molar-refractivity contribution in [3.63, 3.8) is 0 Å². The average Bonchev–Trinajstić information content (AvgIpc) is 2.85. The first-order chi connectivity index (χ1) is 11.5. The number of likely N-dealkylation sites (tertiary alicyclic amines) is 1. The largest absolute Gasteiger partial charge is 0.390 e. The van der Waals surface area contributed by atoms with E-state index in [0.717, 1.165) is 43.6 Å². The number of aliphatic hydroxyl groups excluding tert-OH is 1. The van der Waals surface area contributed by atoms with Gasteiger partial charge in [-0.2, -0.15) is 0 Å². The number of rotatable bonds is 4. The molecule has 2 atom stereocenters. The zero-order valence-electron chi connectivity index (χ0n) is 14.3. The highest BCUT2D eigenvalue weighted by molar-refractivity contribution is 5.75. The smallest absolute Gasteiger partial charge is 0.315 e. The lowest BCUT2D eigenvalue weighted by Crippen LogP contribution is -2.49. The Bertz CT molecular complexity index is 608. The van der Waals surface area contributed by atoms with Gasteiger partial charge in [-0.25, -0.2) is 4.79 Å². The molecule has 130 valence electrons. The molecule has 0 unspecified atom stereocenters. The zero-order chi connectivity index (χ0) is 17.1. The Labute approximate surface area is 143 Å². The van der Waals surface area contributed by atoms with Crippen LogP contribution in [0.15, 0.2) is 36.4 Å². The summed E-state index contributed by atoms with van der Waals surface area (Å²) >= 11 is 0. The van der Waals surface area contributed by atoms with Gasteiger partial charge in [-0.05, 0) is 30.9 Å². The molecule has 1 aliphatic carbocycles. The summed E-state index contributed by atoms with van der Waals surface area (Å²) in [6.07, 6.45) is 1.95. The van der Waals surface area contributed by atoms with Gasteiger partial charge in [0.05, 0.1) is 12.1 Å². The summed E-state index contributed by atoms with van der Waals surface area (Å²) in [6, 6.07) is 7.59. The summed E-state index contributed by atoms with van der Waals surface area (Å²) in [4.78, 5) is 14.7. The van der Waals surface area contributed by atoms with Crippen molar-refractivity contribution in [2.24, 2.45) is 0 Å². The van der Waals surface area contributed by atoms with Crippen LogP contribution in [0.2, 0.25) is 0 Å². The molecule has 2 amide bonds. The predicted molar refractivity (Wildman–Crippen MR) is 94.8 cm³/mol. The first-order valence-electron chi connectivity index (χ1n) is 8.72. The maximum absolute atomic E-state index is 12.3. The number of amides is 2. The third kappa shape index (κ3) is 3.97. The van der Waals surface area contributed by atoms with Crippen LogP contribution in [0.5, 0.6) is 0 Å². The fourth-order valence-electron chi connectivity index (χ4n) is 3.73. The lowest BCUT2D eigenvalue weighted by Gasteiger charge is -2.32. The van der Waals surface area contributed by atoms with Crippen LogP contribution in [0.4, 0.5) is 4.79 Å². The van der Waals surface area contributed by atoms with Crippen LogP contribution in [0.1, 0.15) is 36.9 Å². The number of nitrogens with zero attached hydrogens (tertiary/aromatic N) is 1. The predicted octanol–water partition coefficient (Wildman–Crippen LogP) is 1.98. The SMILES string of the molecule is C=C(C)CN1CCC(NC(=O)N[C@@H]2c3ccccc3C[C@@H]2O)CC1. The monoisotopic (exact) mass is 329 g/mol. The van der Waals surface area contributed by atoms with Crippen LogP contribution in [0.3, 0.4) is 0 Å². The molecule has 5 heteroatoms. The summed E-state index contributed by atoms with van der Waals surface area (Å²) in [5, 5.41) is 16.2. The van der Waals surface area contributed by atoms with Gasteiger partial charge in [-0.1, -0.05) is 36.4 Å². The summed E-state index contributed by atoms with van der Waals surface area (Å²) in [6.45, 7) is 8.89. The fraction of sp³-hybridized carbons (Fsp3) is 0.526. The molecular weight excluding hydrogens is 302 g/mol. The van der Waals surface area contributed by atoms with Gasteiger partial charge in [0.25, 0.3) is 0 Å². The molecule has 0 radical (unpaired) electrons. The maximum Gasteiger partial charge on any atom is 0.315 e. The molecule has 3 rings (SSSR count). The number of hydrogen-bond donors (Lipinski definition) is 3. The molecule has 1 aromatic carbocycles. The van der Waals surface area contributed by atoms with Crippen molar-refractivity contribution in [1.29, 1.82) is 0 Å². The molecule has 0 saturated carbocycles. The van der Waals surface area contributed by atoms with Gasteiger partial charge in [-0.15, -0.1) is 0 Å². The second-order valence-electron chi connectivity index (χ2n) is 7.07. The van der Waals surface area contributed by atoms with Crippen molar-refractivity contribution in [1.82, 2.24) is 15.5 Å². The quantitative estimate of drug-likeness (QED) is 0.740. The van der Waals surface area contributed by atoms with E-state index in [2.05, 4.69) is 22.1 Å². The number of piperidine rings is 1. The number of carbonyl (C=O) groups excluding carboxylic acids is 1. The number of nitrogens with one attached hydrogen (secondary N) is 2. The number of urea groups is 1. The molecule has 1 aromatic rings. The minimum absolute atomic E-state index is 0.186. The van der Waals surface area contributed by atoms with E-state index < -0.39 is 6.10 Å². The van der Waals surface area contributed by atoms with E-state index in [-0.39, 0.29) is 18.1 Å². The van der Waals surface area contributed by atoms with E-state index in [4.69, 9.17) is 0 Å². The third-order valence-electron chi connectivity index (χ3n) is 4.91. The molecule has 24 heavy (non-hydrogen) atoms. The van der Waals surface area contributed by atoms with Crippen molar-refractivity contribution >= 4 is 6.03 Å². The Morgan fingerprint density at radius 3 is 2.71 bits per heavy atom. The van der Waals surface area contributed by atoms with Crippen LogP contribution in [0, 0.1) is 0 Å². The van der Waals surface area contributed by atoms with Gasteiger partial charge < -0.3 is 15.7 Å². The van der Waals surface area contributed by atoms with Crippen LogP contribution < -0.4 is 10.6 Å². The summed E-state index contributed by atoms with van der Waals surface area (Å²) in [5.74, 6) is 0. The second-order valence-corrected chi connectivity index (χ2v) is 7.07. The Balaban J connectivity index is 1.49. The van der Waals surface area contributed by atoms with Crippen LogP contribution in [-0.4, -0.2) is 47.8 Å². The number of carbonyl (C=O) groups is 1. The Kier molecular flexibility index (Phi) is 5.21. The number of aliphatic hydroxyl groups is 1. The molecule has 3 N–H and O–H groups in total. The van der Waals surface area contributed by atoms with Crippen molar-refractivity contribution < 1.29 is 9.90 Å². The summed E-state index contributed by atoms with van der Waals surface area (Å²) < 4.78 is 0. The topological polar surface area (TPSA) is 64.6 Å². The number of fused-ring (bicyclic) bond motifs is 1. The highest BCUT2D eigenvalue weighted by Crippen LogP contribution is 2.31. The highest BCUT2D eigenvalue weighted by atomic mass is 16.3. The Hall–Kier alpha value is -1.85. The van der Waals surface area contributed by atoms with Crippen LogP contribution in [0.25, 0.3) is 0 Å². The summed E-state index contributed by atoms with van der Waals surface area (Å²) in [7, 11) is 0. The molecule has 1 saturated heterocycles. The first kappa shape index (κ1) is 17.0. The molecule has 1 heterocycles. The van der Waals surface area contributed by atoms with Crippen molar-refractivity contribution in [2.75, 3.05) is 19.6 Å². The Morgan fingerprint density at radius 1 is 1.29 bits per heavy atom. The van der Waals surface area contributed by atoms with Crippen molar-refractivity contribution in [3.8, 4) is 0 Å². The lowest BCUT2D eigenvalue weighted by atomic mass is 10.0. The van der Waals surface area contributed by atoms with Crippen molar-refractivity contribution in [3.05, 3.63) is 47.5 Å². The Morgan fingerprint density at radius 2 is 2.00 bits per heavy atom. The van der Waals surface area contributed by atoms with E-state index in [1.807, 2.05) is 31.2 Å². The molecule has 5 nitrogen and oxygen atoms in total. The van der Waals surface area contributed by atoms with E-state index in [1.165, 1.54) is 5.57 Å². The van der Waals surface area contributed by atoms with Gasteiger partial charge in [-0.3, -0.25) is 4.90 Å². The number of hydrogen-bond acceptors (Lipinski definition) is 3. The highest BCUT2D eigenvalue weighted by Gasteiger charge is 2.32. The van der Waals surface area contributed by atoms with Crippen molar-refractivity contribution in [2.45, 2.75) is 44.4 Å². The average molecular weight is 329 g/mol. The third-order valence-corrected chi connectivity index (χ3v) is 4.91. The molecule has 1 aliphatic heterocycles. The molecule has 2 aliphatic rings. The van der Waals surface area contributed by atoms with Gasteiger partial charge >= 0.3 is 6.03 Å². The van der Waals surface area contributed by atoms with E-state index in [1.54, 1.807) is 0 Å². The normalized spacial score (nSPS) is 24.4. The van der Waals surface area contributed by atoms with Gasteiger partial charge in [0.2, 0.25) is 0 Å². The maximum atomic E-state index is 12.3. The van der Waals surface area contributed by atoms with Crippen LogP contribution in [-0.2, 0) is 6.42 Å². The van der Waals surface area contributed by atoms with E-state index in [9.17, 15) is 9.90 Å². The second kappa shape index (κ2) is 7.36. The lowest BCUT2D eigenvalue weighted by molar-refractivity contribution is 0.140. The molecular formula is C19H27N3O2. The van der Waals surface area contributed by atoms with Gasteiger partial charge in [0.15, 0.2) is 0 Å². The standard InChI is InChI=1S/C19H27N3O2/c1-13(2)12-22-9-7-15(8-10-22)20-19(24)21-18-16-6-4-3-5-14(16)11-17(18)23/h3-6,15,17-18,23H,1,7-12H2,2H3,(H2,20,21,24)/t17-,18+/m0/s1. The molecule has 0 aromatic heterocycles. The van der Waals surface area contributed by atoms with E-state index in [0.29, 0.717) is 6.42 Å². The minimum Gasteiger partial charge on any atom is -0.390 e. The van der Waals surface area contributed by atoms with E-state index >= 15 is 0 Å². The first-order valence-corrected chi connectivity index (χ1v) is 8.72.